The molecule has 1 amide bonds. The van der Waals surface area contributed by atoms with Crippen LogP contribution < -0.4 is 9.47 Å². The Labute approximate surface area is 110 Å². The predicted octanol–water partition coefficient (Wildman–Crippen LogP) is 1.21. The highest BCUT2D eigenvalue weighted by molar-refractivity contribution is 5.95. The second-order valence-corrected chi connectivity index (χ2v) is 4.49. The Hall–Kier alpha value is -2.24. The van der Waals surface area contributed by atoms with Gasteiger partial charge in [0.1, 0.15) is 0 Å². The minimum absolute atomic E-state index is 0.152. The van der Waals surface area contributed by atoms with Crippen LogP contribution in [0.15, 0.2) is 18.2 Å². The summed E-state index contributed by atoms with van der Waals surface area (Å²) in [5, 5.41) is 8.84. The van der Waals surface area contributed by atoms with Crippen LogP contribution in [-0.2, 0) is 4.79 Å². The van der Waals surface area contributed by atoms with Gasteiger partial charge in [0, 0.05) is 19.2 Å². The summed E-state index contributed by atoms with van der Waals surface area (Å²) in [5.41, 5.74) is 0.448. The Balaban J connectivity index is 2.09. The lowest BCUT2D eigenvalue weighted by Crippen LogP contribution is -2.33. The number of nitrogens with zero attached hydrogens (tertiary/aromatic N) is 1. The molecule has 0 unspecified atom stereocenters. The molecule has 1 atom stereocenters. The van der Waals surface area contributed by atoms with Crippen molar-refractivity contribution >= 4 is 11.9 Å². The van der Waals surface area contributed by atoms with Gasteiger partial charge in [-0.3, -0.25) is 9.59 Å². The monoisotopic (exact) mass is 265 g/mol. The van der Waals surface area contributed by atoms with Crippen LogP contribution in [0, 0.1) is 5.92 Å². The second-order valence-electron chi connectivity index (χ2n) is 4.49. The lowest BCUT2D eigenvalue weighted by Gasteiger charge is -2.19. The van der Waals surface area contributed by atoms with Crippen molar-refractivity contribution in [2.24, 2.45) is 5.92 Å². The number of carbonyl (C=O) groups is 2. The Morgan fingerprint density at radius 2 is 2.05 bits per heavy atom. The molecule has 0 aliphatic carbocycles. The standard InChI is InChI=1S/C13H15NO5/c1-8(13(16)17)6-14(2)12(15)9-3-4-10-11(5-9)19-7-18-10/h3-5,8H,6-7H2,1-2H3,(H,16,17)/t8-/m1/s1. The van der Waals surface area contributed by atoms with Crippen LogP contribution in [0.3, 0.4) is 0 Å². The Morgan fingerprint density at radius 1 is 1.37 bits per heavy atom. The van der Waals surface area contributed by atoms with Gasteiger partial charge in [0.15, 0.2) is 11.5 Å². The molecule has 1 aliphatic heterocycles. The van der Waals surface area contributed by atoms with Crippen molar-refractivity contribution in [1.82, 2.24) is 4.90 Å². The summed E-state index contributed by atoms with van der Waals surface area (Å²) in [6.45, 7) is 1.87. The first-order valence-corrected chi connectivity index (χ1v) is 5.87. The summed E-state index contributed by atoms with van der Waals surface area (Å²) >= 11 is 0. The van der Waals surface area contributed by atoms with Gasteiger partial charge < -0.3 is 19.5 Å². The van der Waals surface area contributed by atoms with Gasteiger partial charge in [-0.1, -0.05) is 6.92 Å². The van der Waals surface area contributed by atoms with Crippen molar-refractivity contribution in [3.63, 3.8) is 0 Å². The van der Waals surface area contributed by atoms with E-state index >= 15 is 0 Å². The molecule has 0 fully saturated rings. The fourth-order valence-electron chi connectivity index (χ4n) is 1.82. The molecular formula is C13H15NO5. The number of carboxylic acids is 1. The summed E-state index contributed by atoms with van der Waals surface area (Å²) in [5.74, 6) is -0.636. The van der Waals surface area contributed by atoms with Crippen molar-refractivity contribution < 1.29 is 24.2 Å². The molecule has 1 aliphatic rings. The molecule has 0 saturated carbocycles. The van der Waals surface area contributed by atoms with E-state index in [2.05, 4.69) is 0 Å². The third-order valence-corrected chi connectivity index (χ3v) is 2.94. The van der Waals surface area contributed by atoms with E-state index in [4.69, 9.17) is 14.6 Å². The molecule has 1 aromatic carbocycles. The average molecular weight is 265 g/mol. The molecule has 0 saturated heterocycles. The van der Waals surface area contributed by atoms with E-state index in [1.807, 2.05) is 0 Å². The SMILES string of the molecule is C[C@H](CN(C)C(=O)c1ccc2c(c1)OCO2)C(=O)O. The van der Waals surface area contributed by atoms with E-state index in [1.165, 1.54) is 4.90 Å². The summed E-state index contributed by atoms with van der Waals surface area (Å²) < 4.78 is 10.4. The number of ether oxygens (including phenoxy) is 2. The smallest absolute Gasteiger partial charge is 0.308 e. The van der Waals surface area contributed by atoms with Crippen LogP contribution in [0.1, 0.15) is 17.3 Å². The van der Waals surface area contributed by atoms with E-state index in [0.717, 1.165) is 0 Å². The highest BCUT2D eigenvalue weighted by Crippen LogP contribution is 2.32. The number of fused-ring (bicyclic) bond motifs is 1. The van der Waals surface area contributed by atoms with Gasteiger partial charge in [-0.2, -0.15) is 0 Å². The van der Waals surface area contributed by atoms with Gasteiger partial charge in [-0.05, 0) is 18.2 Å². The topological polar surface area (TPSA) is 76.1 Å². The van der Waals surface area contributed by atoms with Gasteiger partial charge in [0.2, 0.25) is 6.79 Å². The van der Waals surface area contributed by atoms with Crippen LogP contribution in [0.25, 0.3) is 0 Å². The summed E-state index contributed by atoms with van der Waals surface area (Å²) in [7, 11) is 1.58. The van der Waals surface area contributed by atoms with E-state index in [-0.39, 0.29) is 19.2 Å². The fourth-order valence-corrected chi connectivity index (χ4v) is 1.82. The maximum atomic E-state index is 12.1. The number of hydrogen-bond acceptors (Lipinski definition) is 4. The van der Waals surface area contributed by atoms with E-state index < -0.39 is 11.9 Å². The second kappa shape index (κ2) is 5.17. The van der Waals surface area contributed by atoms with Gasteiger partial charge in [0.25, 0.3) is 5.91 Å². The number of amides is 1. The molecule has 0 spiro atoms. The van der Waals surface area contributed by atoms with Crippen molar-refractivity contribution in [2.45, 2.75) is 6.92 Å². The number of hydrogen-bond donors (Lipinski definition) is 1. The number of aliphatic carboxylic acids is 1. The molecule has 19 heavy (non-hydrogen) atoms. The molecule has 102 valence electrons. The van der Waals surface area contributed by atoms with Crippen LogP contribution in [0.5, 0.6) is 11.5 Å². The highest BCUT2D eigenvalue weighted by atomic mass is 16.7. The molecular weight excluding hydrogens is 250 g/mol. The number of carbonyl (C=O) groups excluding carboxylic acids is 1. The predicted molar refractivity (Wildman–Crippen MR) is 66.3 cm³/mol. The third kappa shape index (κ3) is 2.78. The maximum Gasteiger partial charge on any atom is 0.308 e. The van der Waals surface area contributed by atoms with Gasteiger partial charge in [-0.25, -0.2) is 0 Å². The van der Waals surface area contributed by atoms with Crippen molar-refractivity contribution in [1.29, 1.82) is 0 Å². The normalized spacial score (nSPS) is 14.0. The summed E-state index contributed by atoms with van der Waals surface area (Å²) in [4.78, 5) is 24.3. The number of rotatable bonds is 4. The minimum Gasteiger partial charge on any atom is -0.481 e. The van der Waals surface area contributed by atoms with Crippen LogP contribution in [-0.4, -0.2) is 42.3 Å². The Bertz CT molecular complexity index is 514. The molecule has 2 rings (SSSR count). The first-order valence-electron chi connectivity index (χ1n) is 5.87. The lowest BCUT2D eigenvalue weighted by molar-refractivity contribution is -0.141. The third-order valence-electron chi connectivity index (χ3n) is 2.94. The van der Waals surface area contributed by atoms with E-state index in [1.54, 1.807) is 32.2 Å². The summed E-state index contributed by atoms with van der Waals surface area (Å²) in [6.07, 6.45) is 0. The van der Waals surface area contributed by atoms with E-state index in [9.17, 15) is 9.59 Å². The zero-order valence-corrected chi connectivity index (χ0v) is 10.8. The quantitative estimate of drug-likeness (QED) is 0.885. The van der Waals surface area contributed by atoms with Gasteiger partial charge in [0.05, 0.1) is 5.92 Å². The largest absolute Gasteiger partial charge is 0.481 e. The molecule has 1 heterocycles. The van der Waals surface area contributed by atoms with Crippen LogP contribution >= 0.6 is 0 Å². The van der Waals surface area contributed by atoms with Crippen LogP contribution in [0.4, 0.5) is 0 Å². The van der Waals surface area contributed by atoms with Crippen molar-refractivity contribution in [3.05, 3.63) is 23.8 Å². The lowest BCUT2D eigenvalue weighted by atomic mass is 10.1. The molecule has 0 aromatic heterocycles. The Morgan fingerprint density at radius 3 is 2.74 bits per heavy atom. The van der Waals surface area contributed by atoms with E-state index in [0.29, 0.717) is 17.1 Å². The number of benzene rings is 1. The number of carboxylic acid groups (broad SMARTS) is 1. The Kier molecular flexibility index (Phi) is 3.59. The van der Waals surface area contributed by atoms with Crippen molar-refractivity contribution in [2.75, 3.05) is 20.4 Å². The fraction of sp³-hybridized carbons (Fsp3) is 0.385. The van der Waals surface area contributed by atoms with Crippen molar-refractivity contribution in [3.8, 4) is 11.5 Å². The zero-order valence-electron chi connectivity index (χ0n) is 10.8. The summed E-state index contributed by atoms with van der Waals surface area (Å²) in [6, 6.07) is 4.91. The highest BCUT2D eigenvalue weighted by Gasteiger charge is 2.21. The molecule has 6 heteroatoms. The molecule has 1 N–H and O–H groups in total. The zero-order chi connectivity index (χ0) is 14.0. The van der Waals surface area contributed by atoms with Gasteiger partial charge in [-0.15, -0.1) is 0 Å². The molecule has 0 bridgehead atoms. The molecule has 1 aromatic rings. The first-order chi connectivity index (χ1) is 8.99. The first kappa shape index (κ1) is 13.2. The maximum absolute atomic E-state index is 12.1. The van der Waals surface area contributed by atoms with Gasteiger partial charge >= 0.3 is 5.97 Å². The van der Waals surface area contributed by atoms with Crippen LogP contribution in [0.2, 0.25) is 0 Å². The molecule has 6 nitrogen and oxygen atoms in total. The minimum atomic E-state index is -0.926. The average Bonchev–Trinajstić information content (AvgIpc) is 2.84. The molecule has 0 radical (unpaired) electrons.